The highest BCUT2D eigenvalue weighted by Crippen LogP contribution is 2.64. The Morgan fingerprint density at radius 2 is 2.08 bits per heavy atom. The molecular formula is C27H33N5O6. The van der Waals surface area contributed by atoms with Crippen LogP contribution in [0.15, 0.2) is 49.6 Å². The number of carbonyl (C=O) groups excluding carboxylic acids is 3. The normalized spacial score (nSPS) is 29.5. The van der Waals surface area contributed by atoms with Gasteiger partial charge in [0.05, 0.1) is 23.6 Å². The van der Waals surface area contributed by atoms with Crippen molar-refractivity contribution in [1.29, 1.82) is 0 Å². The van der Waals surface area contributed by atoms with Crippen LogP contribution in [0.3, 0.4) is 0 Å². The zero-order valence-corrected chi connectivity index (χ0v) is 21.5. The molecule has 5 atom stereocenters. The standard InChI is InChI=1S/C27H33N5O6/c1-4-13-30(17-32-19-10-8-7-9-18(19)28-29-32)24(35)22-27-12-11-26(6-3,38-27)21(25(36)37-16-5-2)20(27)23(34)31(22)14-15-33/h4-5,7-10,20-22,33H,1-2,6,11-17H2,3H3/t20-,21+,22?,26-,27?/m0/s1. The summed E-state index contributed by atoms with van der Waals surface area (Å²) in [7, 11) is 0. The van der Waals surface area contributed by atoms with Gasteiger partial charge in [-0.2, -0.15) is 0 Å². The molecule has 2 bridgehead atoms. The minimum absolute atomic E-state index is 0.0186. The minimum atomic E-state index is -1.21. The number of aliphatic hydroxyl groups is 1. The maximum atomic E-state index is 14.3. The van der Waals surface area contributed by atoms with Gasteiger partial charge in [0.25, 0.3) is 0 Å². The van der Waals surface area contributed by atoms with Crippen molar-refractivity contribution in [3.63, 3.8) is 0 Å². The second kappa shape index (κ2) is 9.95. The first-order valence-electron chi connectivity index (χ1n) is 12.9. The smallest absolute Gasteiger partial charge is 0.313 e. The van der Waals surface area contributed by atoms with Crippen molar-refractivity contribution in [1.82, 2.24) is 24.8 Å². The number of carbonyl (C=O) groups is 3. The summed E-state index contributed by atoms with van der Waals surface area (Å²) in [5.74, 6) is -2.99. The van der Waals surface area contributed by atoms with E-state index in [1.807, 2.05) is 31.2 Å². The molecule has 11 heteroatoms. The lowest BCUT2D eigenvalue weighted by Crippen LogP contribution is -2.56. The van der Waals surface area contributed by atoms with E-state index in [-0.39, 0.29) is 44.8 Å². The molecule has 2 unspecified atom stereocenters. The van der Waals surface area contributed by atoms with Crippen LogP contribution in [0.25, 0.3) is 11.0 Å². The maximum Gasteiger partial charge on any atom is 0.313 e. The lowest BCUT2D eigenvalue weighted by molar-refractivity contribution is -0.161. The van der Waals surface area contributed by atoms with Crippen molar-refractivity contribution >= 4 is 28.8 Å². The molecule has 0 saturated carbocycles. The van der Waals surface area contributed by atoms with E-state index >= 15 is 0 Å². The van der Waals surface area contributed by atoms with Crippen molar-refractivity contribution in [2.45, 2.75) is 50.1 Å². The molecule has 38 heavy (non-hydrogen) atoms. The number of benzene rings is 1. The number of β-amino-alcohol motifs (C(OH)–C–C–N with tert-alkyl or cyclic N) is 1. The van der Waals surface area contributed by atoms with Crippen LogP contribution < -0.4 is 0 Å². The number of hydrogen-bond acceptors (Lipinski definition) is 8. The molecule has 3 fully saturated rings. The number of esters is 1. The summed E-state index contributed by atoms with van der Waals surface area (Å²) in [6, 6.07) is 6.40. The summed E-state index contributed by atoms with van der Waals surface area (Å²) >= 11 is 0. The van der Waals surface area contributed by atoms with Gasteiger partial charge in [-0.3, -0.25) is 14.4 Å². The van der Waals surface area contributed by atoms with Gasteiger partial charge in [-0.1, -0.05) is 43.0 Å². The molecule has 5 rings (SSSR count). The van der Waals surface area contributed by atoms with Gasteiger partial charge in [-0.25, -0.2) is 4.68 Å². The number of aliphatic hydroxyl groups excluding tert-OH is 1. The molecule has 3 aliphatic heterocycles. The molecule has 2 amide bonds. The van der Waals surface area contributed by atoms with Crippen molar-refractivity contribution in [3.8, 4) is 0 Å². The fourth-order valence-electron chi connectivity index (χ4n) is 6.66. The third kappa shape index (κ3) is 3.75. The van der Waals surface area contributed by atoms with Gasteiger partial charge < -0.3 is 24.4 Å². The number of nitrogens with zero attached hydrogens (tertiary/aromatic N) is 5. The zero-order valence-electron chi connectivity index (χ0n) is 21.5. The van der Waals surface area contributed by atoms with E-state index in [9.17, 15) is 19.5 Å². The predicted octanol–water partition coefficient (Wildman–Crippen LogP) is 1.28. The summed E-state index contributed by atoms with van der Waals surface area (Å²) in [4.78, 5) is 44.4. The first-order valence-corrected chi connectivity index (χ1v) is 12.9. The topological polar surface area (TPSA) is 127 Å². The molecule has 1 N–H and O–H groups in total. The van der Waals surface area contributed by atoms with Crippen molar-refractivity contribution in [3.05, 3.63) is 49.6 Å². The molecule has 1 aromatic heterocycles. The lowest BCUT2D eigenvalue weighted by atomic mass is 9.65. The number of ether oxygens (including phenoxy) is 2. The van der Waals surface area contributed by atoms with E-state index in [1.165, 1.54) is 11.0 Å². The lowest BCUT2D eigenvalue weighted by Gasteiger charge is -2.36. The average molecular weight is 524 g/mol. The van der Waals surface area contributed by atoms with Crippen LogP contribution >= 0.6 is 0 Å². The third-order valence-corrected chi connectivity index (χ3v) is 8.24. The van der Waals surface area contributed by atoms with Crippen LogP contribution in [0.4, 0.5) is 0 Å². The van der Waals surface area contributed by atoms with Gasteiger partial charge in [0.2, 0.25) is 11.8 Å². The van der Waals surface area contributed by atoms with E-state index in [0.29, 0.717) is 24.8 Å². The molecule has 0 aliphatic carbocycles. The molecule has 2 aromatic rings. The van der Waals surface area contributed by atoms with E-state index < -0.39 is 35.0 Å². The fraction of sp³-hybridized carbons (Fsp3) is 0.519. The van der Waals surface area contributed by atoms with Crippen LogP contribution in [0, 0.1) is 11.8 Å². The van der Waals surface area contributed by atoms with Crippen LogP contribution in [-0.2, 0) is 30.5 Å². The second-order valence-corrected chi connectivity index (χ2v) is 10.1. The van der Waals surface area contributed by atoms with E-state index in [4.69, 9.17) is 9.47 Å². The summed E-state index contributed by atoms with van der Waals surface area (Å²) < 4.78 is 13.7. The average Bonchev–Trinajstić information content (AvgIpc) is 3.65. The minimum Gasteiger partial charge on any atom is -0.461 e. The van der Waals surface area contributed by atoms with Gasteiger partial charge >= 0.3 is 5.97 Å². The largest absolute Gasteiger partial charge is 0.461 e. The van der Waals surface area contributed by atoms with E-state index in [1.54, 1.807) is 15.7 Å². The number of likely N-dealkylation sites (tertiary alicyclic amines) is 1. The molecule has 3 aliphatic rings. The number of fused-ring (bicyclic) bond motifs is 2. The molecule has 3 saturated heterocycles. The monoisotopic (exact) mass is 523 g/mol. The van der Waals surface area contributed by atoms with E-state index in [2.05, 4.69) is 23.5 Å². The molecule has 4 heterocycles. The van der Waals surface area contributed by atoms with Gasteiger partial charge in [-0.05, 0) is 31.4 Å². The molecular weight excluding hydrogens is 490 g/mol. The van der Waals surface area contributed by atoms with Crippen LogP contribution in [-0.4, -0.2) is 91.2 Å². The third-order valence-electron chi connectivity index (χ3n) is 8.24. The van der Waals surface area contributed by atoms with Crippen LogP contribution in [0.1, 0.15) is 26.2 Å². The quantitative estimate of drug-likeness (QED) is 0.345. The Bertz CT molecular complexity index is 1280. The summed E-state index contributed by atoms with van der Waals surface area (Å²) in [6.07, 6.45) is 4.54. The maximum absolute atomic E-state index is 14.3. The van der Waals surface area contributed by atoms with Crippen LogP contribution in [0.5, 0.6) is 0 Å². The molecule has 1 spiro atoms. The number of aromatic nitrogens is 3. The Morgan fingerprint density at radius 3 is 2.79 bits per heavy atom. The second-order valence-electron chi connectivity index (χ2n) is 10.1. The Morgan fingerprint density at radius 1 is 1.29 bits per heavy atom. The number of hydrogen-bond donors (Lipinski definition) is 1. The Hall–Kier alpha value is -3.57. The highest BCUT2D eigenvalue weighted by atomic mass is 16.6. The van der Waals surface area contributed by atoms with Crippen LogP contribution in [0.2, 0.25) is 0 Å². The molecule has 11 nitrogen and oxygen atoms in total. The Labute approximate surface area is 220 Å². The van der Waals surface area contributed by atoms with Gasteiger partial charge in [0, 0.05) is 13.1 Å². The number of para-hydroxylation sites is 1. The molecule has 0 radical (unpaired) electrons. The predicted molar refractivity (Wildman–Crippen MR) is 136 cm³/mol. The highest BCUT2D eigenvalue weighted by molar-refractivity contribution is 5.98. The van der Waals surface area contributed by atoms with Crippen molar-refractivity contribution in [2.24, 2.45) is 11.8 Å². The molecule has 202 valence electrons. The summed E-state index contributed by atoms with van der Waals surface area (Å²) in [5, 5.41) is 18.2. The van der Waals surface area contributed by atoms with Crippen molar-refractivity contribution in [2.75, 3.05) is 26.3 Å². The highest BCUT2D eigenvalue weighted by Gasteiger charge is 2.79. The summed E-state index contributed by atoms with van der Waals surface area (Å²) in [6.45, 7) is 9.22. The summed E-state index contributed by atoms with van der Waals surface area (Å²) in [5.41, 5.74) is -0.652. The number of amides is 2. The fourth-order valence-corrected chi connectivity index (χ4v) is 6.66. The van der Waals surface area contributed by atoms with Gasteiger partial charge in [0.15, 0.2) is 0 Å². The molecule has 1 aromatic carbocycles. The van der Waals surface area contributed by atoms with E-state index in [0.717, 1.165) is 5.52 Å². The SMILES string of the molecule is C=CCOC(=O)[C@H]1[C@H]2C(=O)N(CCO)C(C(=O)N(CC=C)Cn3nnc4ccccc43)C23CC[C@]1(CC)O3. The number of rotatable bonds is 11. The van der Waals surface area contributed by atoms with Crippen molar-refractivity contribution < 1.29 is 29.0 Å². The van der Waals surface area contributed by atoms with Gasteiger partial charge in [0.1, 0.15) is 36.4 Å². The Balaban J connectivity index is 1.53. The van der Waals surface area contributed by atoms with Gasteiger partial charge in [-0.15, -0.1) is 11.7 Å². The Kier molecular flexibility index (Phi) is 6.83. The zero-order chi connectivity index (χ0) is 27.1. The first-order chi connectivity index (χ1) is 18.4. The first kappa shape index (κ1) is 26.1.